The molecule has 0 fully saturated rings. The number of aromatic nitrogens is 2. The van der Waals surface area contributed by atoms with Crippen LogP contribution in [0.1, 0.15) is 41.9 Å². The highest BCUT2D eigenvalue weighted by Crippen LogP contribution is 2.22. The minimum Gasteiger partial charge on any atom is -0.309 e. The molecule has 0 saturated carbocycles. The number of nitrogens with zero attached hydrogens (tertiary/aromatic N) is 2. The fourth-order valence-corrected chi connectivity index (χ4v) is 3.30. The molecule has 2 aromatic rings. The van der Waals surface area contributed by atoms with E-state index in [2.05, 4.69) is 22.2 Å². The first-order chi connectivity index (χ1) is 9.10. The molecule has 0 aliphatic rings. The highest BCUT2D eigenvalue weighted by Gasteiger charge is 2.19. The Bertz CT molecular complexity index is 562. The Kier molecular flexibility index (Phi) is 4.66. The van der Waals surface area contributed by atoms with E-state index >= 15 is 0 Å². The van der Waals surface area contributed by atoms with Crippen molar-refractivity contribution in [1.29, 1.82) is 0 Å². The van der Waals surface area contributed by atoms with Gasteiger partial charge in [0.1, 0.15) is 10.8 Å². The number of amides is 1. The van der Waals surface area contributed by atoms with Gasteiger partial charge in [-0.2, -0.15) is 0 Å². The number of hydrogen-bond donors (Lipinski definition) is 1. The van der Waals surface area contributed by atoms with Gasteiger partial charge in [-0.1, -0.05) is 6.92 Å². The molecule has 4 nitrogen and oxygen atoms in total. The van der Waals surface area contributed by atoms with Crippen LogP contribution in [0.2, 0.25) is 0 Å². The maximum absolute atomic E-state index is 12.1. The van der Waals surface area contributed by atoms with Crippen LogP contribution in [-0.2, 0) is 11.2 Å². The van der Waals surface area contributed by atoms with Gasteiger partial charge in [-0.25, -0.2) is 9.97 Å². The van der Waals surface area contributed by atoms with Crippen LogP contribution in [-0.4, -0.2) is 15.9 Å². The van der Waals surface area contributed by atoms with Gasteiger partial charge in [-0.3, -0.25) is 4.79 Å². The summed E-state index contributed by atoms with van der Waals surface area (Å²) in [5.74, 6) is 0.358. The van der Waals surface area contributed by atoms with Crippen molar-refractivity contribution in [3.8, 4) is 0 Å². The predicted octanol–water partition coefficient (Wildman–Crippen LogP) is 3.60. The van der Waals surface area contributed by atoms with E-state index in [0.29, 0.717) is 5.82 Å². The third-order valence-corrected chi connectivity index (χ3v) is 4.72. The minimum absolute atomic E-state index is 0.0531. The van der Waals surface area contributed by atoms with Gasteiger partial charge >= 0.3 is 0 Å². The molecule has 1 amide bonds. The zero-order valence-corrected chi connectivity index (χ0v) is 12.9. The van der Waals surface area contributed by atoms with E-state index in [-0.39, 0.29) is 11.8 Å². The SMILES string of the molecule is CCCc1nc(NC(=O)C(C)c2nc(C)cs2)cs1. The number of aryl methyl sites for hydroxylation is 2. The van der Waals surface area contributed by atoms with Crippen LogP contribution < -0.4 is 5.32 Å². The van der Waals surface area contributed by atoms with Gasteiger partial charge in [0.2, 0.25) is 5.91 Å². The summed E-state index contributed by atoms with van der Waals surface area (Å²) in [6.07, 6.45) is 2.03. The lowest BCUT2D eigenvalue weighted by Gasteiger charge is -2.07. The molecule has 1 atom stereocenters. The van der Waals surface area contributed by atoms with Crippen LogP contribution in [0, 0.1) is 6.92 Å². The molecule has 0 bridgehead atoms. The second-order valence-corrected chi connectivity index (χ2v) is 6.25. The number of carbonyl (C=O) groups excluding carboxylic acids is 1. The molecule has 2 heterocycles. The van der Waals surface area contributed by atoms with E-state index in [0.717, 1.165) is 28.6 Å². The smallest absolute Gasteiger partial charge is 0.235 e. The second kappa shape index (κ2) is 6.25. The highest BCUT2D eigenvalue weighted by molar-refractivity contribution is 7.10. The van der Waals surface area contributed by atoms with Crippen LogP contribution in [0.4, 0.5) is 5.82 Å². The summed E-state index contributed by atoms with van der Waals surface area (Å²) >= 11 is 3.11. The number of nitrogens with one attached hydrogen (secondary N) is 1. The standard InChI is InChI=1S/C13H17N3OS2/c1-4-5-11-15-10(7-18-11)16-12(17)9(3)13-14-8(2)6-19-13/h6-7,9H,4-5H2,1-3H3,(H,16,17). The molecule has 0 aromatic carbocycles. The van der Waals surface area contributed by atoms with Crippen LogP contribution in [0.25, 0.3) is 0 Å². The average molecular weight is 295 g/mol. The van der Waals surface area contributed by atoms with Crippen LogP contribution in [0.5, 0.6) is 0 Å². The molecule has 19 heavy (non-hydrogen) atoms. The maximum atomic E-state index is 12.1. The number of hydrogen-bond acceptors (Lipinski definition) is 5. The average Bonchev–Trinajstić information content (AvgIpc) is 2.98. The van der Waals surface area contributed by atoms with Gasteiger partial charge < -0.3 is 5.32 Å². The quantitative estimate of drug-likeness (QED) is 0.917. The number of thiazole rings is 2. The highest BCUT2D eigenvalue weighted by atomic mass is 32.1. The van der Waals surface area contributed by atoms with Crippen LogP contribution >= 0.6 is 22.7 Å². The molecule has 102 valence electrons. The molecule has 2 aromatic heterocycles. The third kappa shape index (κ3) is 3.61. The first-order valence-electron chi connectivity index (χ1n) is 6.27. The van der Waals surface area contributed by atoms with Crippen molar-refractivity contribution in [2.45, 2.75) is 39.5 Å². The van der Waals surface area contributed by atoms with Gasteiger partial charge in [0, 0.05) is 16.5 Å². The van der Waals surface area contributed by atoms with Crippen molar-refractivity contribution in [3.63, 3.8) is 0 Å². The second-order valence-electron chi connectivity index (χ2n) is 4.41. The Morgan fingerprint density at radius 3 is 2.79 bits per heavy atom. The fourth-order valence-electron chi connectivity index (χ4n) is 1.61. The molecule has 0 aliphatic carbocycles. The topological polar surface area (TPSA) is 54.9 Å². The van der Waals surface area contributed by atoms with Gasteiger partial charge in [0.05, 0.1) is 10.9 Å². The van der Waals surface area contributed by atoms with Gasteiger partial charge in [0.25, 0.3) is 0 Å². The molecule has 6 heteroatoms. The van der Waals surface area contributed by atoms with E-state index in [1.807, 2.05) is 24.6 Å². The van der Waals surface area contributed by atoms with Crippen molar-refractivity contribution in [1.82, 2.24) is 9.97 Å². The van der Waals surface area contributed by atoms with E-state index in [4.69, 9.17) is 0 Å². The zero-order chi connectivity index (χ0) is 13.8. The molecular weight excluding hydrogens is 278 g/mol. The summed E-state index contributed by atoms with van der Waals surface area (Å²) in [5.41, 5.74) is 0.957. The minimum atomic E-state index is -0.241. The Balaban J connectivity index is 1.99. The molecule has 0 radical (unpaired) electrons. The van der Waals surface area contributed by atoms with Crippen LogP contribution in [0.15, 0.2) is 10.8 Å². The molecule has 1 unspecified atom stereocenters. The summed E-state index contributed by atoms with van der Waals surface area (Å²) in [6.45, 7) is 5.92. The van der Waals surface area contributed by atoms with Gasteiger partial charge in [-0.15, -0.1) is 22.7 Å². The maximum Gasteiger partial charge on any atom is 0.235 e. The van der Waals surface area contributed by atoms with Crippen molar-refractivity contribution in [2.24, 2.45) is 0 Å². The summed E-state index contributed by atoms with van der Waals surface area (Å²) in [6, 6.07) is 0. The molecule has 2 rings (SSSR count). The largest absolute Gasteiger partial charge is 0.309 e. The van der Waals surface area contributed by atoms with Crippen molar-refractivity contribution >= 4 is 34.4 Å². The Labute approximate surface area is 120 Å². The molecule has 1 N–H and O–H groups in total. The number of carbonyl (C=O) groups is 1. The van der Waals surface area contributed by atoms with Crippen LogP contribution in [0.3, 0.4) is 0 Å². The van der Waals surface area contributed by atoms with E-state index < -0.39 is 0 Å². The summed E-state index contributed by atoms with van der Waals surface area (Å²) < 4.78 is 0. The zero-order valence-electron chi connectivity index (χ0n) is 11.3. The lowest BCUT2D eigenvalue weighted by atomic mass is 10.2. The number of anilines is 1. The molecular formula is C13H17N3OS2. The predicted molar refractivity (Wildman–Crippen MR) is 80.0 cm³/mol. The normalized spacial score (nSPS) is 12.4. The van der Waals surface area contributed by atoms with E-state index in [1.165, 1.54) is 11.3 Å². The first kappa shape index (κ1) is 14.1. The Morgan fingerprint density at radius 2 is 2.16 bits per heavy atom. The Hall–Kier alpha value is -1.27. The van der Waals surface area contributed by atoms with Gasteiger partial charge in [-0.05, 0) is 26.7 Å². The van der Waals surface area contributed by atoms with E-state index in [9.17, 15) is 4.79 Å². The molecule has 0 spiro atoms. The number of rotatable bonds is 5. The summed E-state index contributed by atoms with van der Waals surface area (Å²) in [4.78, 5) is 20.8. The fraction of sp³-hybridized carbons (Fsp3) is 0.462. The summed E-state index contributed by atoms with van der Waals surface area (Å²) in [5, 5.41) is 8.62. The van der Waals surface area contributed by atoms with Crippen molar-refractivity contribution in [3.05, 3.63) is 26.5 Å². The monoisotopic (exact) mass is 295 g/mol. The lowest BCUT2D eigenvalue weighted by Crippen LogP contribution is -2.19. The molecule has 0 aliphatic heterocycles. The first-order valence-corrected chi connectivity index (χ1v) is 8.03. The van der Waals surface area contributed by atoms with E-state index in [1.54, 1.807) is 11.3 Å². The molecule has 0 saturated heterocycles. The van der Waals surface area contributed by atoms with Gasteiger partial charge in [0.15, 0.2) is 0 Å². The lowest BCUT2D eigenvalue weighted by molar-refractivity contribution is -0.117. The summed E-state index contributed by atoms with van der Waals surface area (Å²) in [7, 11) is 0. The Morgan fingerprint density at radius 1 is 1.37 bits per heavy atom. The van der Waals surface area contributed by atoms with Crippen molar-refractivity contribution in [2.75, 3.05) is 5.32 Å². The third-order valence-electron chi connectivity index (χ3n) is 2.67. The van der Waals surface area contributed by atoms with Crippen molar-refractivity contribution < 1.29 is 4.79 Å².